The number of ether oxygens (including phenoxy) is 2. The summed E-state index contributed by atoms with van der Waals surface area (Å²) < 4.78 is 81.9. The number of rotatable bonds is 8. The Morgan fingerprint density at radius 2 is 1.63 bits per heavy atom. The van der Waals surface area contributed by atoms with Gasteiger partial charge in [0, 0.05) is 0 Å². The summed E-state index contributed by atoms with van der Waals surface area (Å²) in [5.74, 6) is -15.7. The van der Waals surface area contributed by atoms with Crippen molar-refractivity contribution in [1.82, 2.24) is 0 Å². The maximum Gasteiger partial charge on any atom is 0.341 e. The summed E-state index contributed by atoms with van der Waals surface area (Å²) in [5.41, 5.74) is 5.42. The van der Waals surface area contributed by atoms with Gasteiger partial charge in [-0.2, -0.15) is 8.78 Å². The van der Waals surface area contributed by atoms with Crippen LogP contribution in [0.2, 0.25) is 0 Å². The molecule has 0 aliphatic rings. The van der Waals surface area contributed by atoms with E-state index in [4.69, 9.17) is 14.9 Å². The van der Waals surface area contributed by atoms with Gasteiger partial charge in [-0.3, -0.25) is 9.59 Å². The van der Waals surface area contributed by atoms with E-state index >= 15 is 0 Å². The molecule has 3 N–H and O–H groups in total. The number of thiophene rings is 1. The summed E-state index contributed by atoms with van der Waals surface area (Å²) in [7, 11) is 0. The molecule has 0 spiro atoms. The molecule has 0 unspecified atom stereocenters. The Labute approximate surface area is 197 Å². The summed E-state index contributed by atoms with van der Waals surface area (Å²) in [6.45, 7) is 2.24. The van der Waals surface area contributed by atoms with E-state index in [1.165, 1.54) is 6.92 Å². The number of nitrogens with two attached hydrogens (primary N) is 1. The Balaban J connectivity index is 1.80. The molecule has 3 rings (SSSR count). The second-order valence-electron chi connectivity index (χ2n) is 6.75. The molecule has 1 aromatic carbocycles. The Bertz CT molecular complexity index is 1310. The zero-order valence-corrected chi connectivity index (χ0v) is 18.7. The van der Waals surface area contributed by atoms with Crippen molar-refractivity contribution in [3.63, 3.8) is 0 Å². The molecule has 3 aromatic rings. The van der Waals surface area contributed by atoms with Crippen molar-refractivity contribution in [1.29, 1.82) is 0 Å². The highest BCUT2D eigenvalue weighted by molar-refractivity contribution is 7.18. The van der Waals surface area contributed by atoms with Crippen molar-refractivity contribution >= 4 is 34.1 Å². The fourth-order valence-electron chi connectivity index (χ4n) is 2.88. The van der Waals surface area contributed by atoms with E-state index in [2.05, 4.69) is 10.1 Å². The van der Waals surface area contributed by atoms with Gasteiger partial charge >= 0.3 is 5.97 Å². The van der Waals surface area contributed by atoms with E-state index < -0.39 is 59.2 Å². The van der Waals surface area contributed by atoms with Gasteiger partial charge in [-0.05, 0) is 31.5 Å². The van der Waals surface area contributed by atoms with Gasteiger partial charge in [-0.25, -0.2) is 18.0 Å². The van der Waals surface area contributed by atoms with Gasteiger partial charge < -0.3 is 24.9 Å². The van der Waals surface area contributed by atoms with E-state index in [1.807, 2.05) is 0 Å². The van der Waals surface area contributed by atoms with Crippen LogP contribution >= 0.6 is 11.3 Å². The van der Waals surface area contributed by atoms with Crippen LogP contribution in [0.25, 0.3) is 0 Å². The number of esters is 1. The maximum absolute atomic E-state index is 13.7. The summed E-state index contributed by atoms with van der Waals surface area (Å²) in [6, 6.07) is 2.29. The highest BCUT2D eigenvalue weighted by Crippen LogP contribution is 2.34. The van der Waals surface area contributed by atoms with Crippen molar-refractivity contribution < 1.29 is 50.2 Å². The molecule has 14 heteroatoms. The lowest BCUT2D eigenvalue weighted by atomic mass is 10.1. The van der Waals surface area contributed by atoms with Crippen molar-refractivity contribution in [2.24, 2.45) is 5.73 Å². The molecule has 0 fully saturated rings. The maximum atomic E-state index is 13.7. The molecular formula is C21H15F5N2O6S. The lowest BCUT2D eigenvalue weighted by Crippen LogP contribution is -2.14. The van der Waals surface area contributed by atoms with Gasteiger partial charge in [0.2, 0.25) is 29.1 Å². The first-order chi connectivity index (χ1) is 16.5. The number of amides is 2. The minimum absolute atomic E-state index is 0.0136. The minimum Gasteiger partial charge on any atom is -0.479 e. The van der Waals surface area contributed by atoms with Crippen molar-refractivity contribution in [3.8, 4) is 5.75 Å². The van der Waals surface area contributed by atoms with Crippen LogP contribution in [-0.2, 0) is 11.3 Å². The van der Waals surface area contributed by atoms with E-state index in [9.17, 15) is 36.3 Å². The van der Waals surface area contributed by atoms with Crippen LogP contribution < -0.4 is 15.8 Å². The second-order valence-corrected chi connectivity index (χ2v) is 7.77. The first-order valence-electron chi connectivity index (χ1n) is 9.62. The second kappa shape index (κ2) is 10.1. The largest absolute Gasteiger partial charge is 0.479 e. The average molecular weight is 518 g/mol. The summed E-state index contributed by atoms with van der Waals surface area (Å²) in [5, 5.41) is 2.34. The fraction of sp³-hybridized carbons (Fsp3) is 0.190. The topological polar surface area (TPSA) is 121 Å². The number of hydrogen-bond donors (Lipinski definition) is 2. The van der Waals surface area contributed by atoms with Crippen molar-refractivity contribution in [3.05, 3.63) is 68.7 Å². The van der Waals surface area contributed by atoms with Crippen molar-refractivity contribution in [2.75, 3.05) is 11.9 Å². The van der Waals surface area contributed by atoms with Gasteiger partial charge in [-0.15, -0.1) is 11.3 Å². The first kappa shape index (κ1) is 25.7. The number of nitrogens with one attached hydrogen (secondary N) is 1. The molecule has 0 radical (unpaired) electrons. The number of halogens is 5. The predicted octanol–water partition coefficient (Wildman–Crippen LogP) is 4.45. The smallest absolute Gasteiger partial charge is 0.341 e. The zero-order valence-electron chi connectivity index (χ0n) is 17.9. The molecule has 8 nitrogen and oxygen atoms in total. The number of carbonyl (C=O) groups is 3. The molecule has 0 aliphatic carbocycles. The monoisotopic (exact) mass is 518 g/mol. The molecule has 186 valence electrons. The third kappa shape index (κ3) is 4.96. The highest BCUT2D eigenvalue weighted by atomic mass is 32.1. The molecule has 0 atom stereocenters. The number of furan rings is 1. The molecule has 2 heterocycles. The minimum atomic E-state index is -2.34. The van der Waals surface area contributed by atoms with Crippen LogP contribution in [0.3, 0.4) is 0 Å². The number of carbonyl (C=O) groups excluding carboxylic acids is 3. The number of anilines is 1. The molecular weight excluding hydrogens is 503 g/mol. The highest BCUT2D eigenvalue weighted by Gasteiger charge is 2.28. The van der Waals surface area contributed by atoms with Crippen LogP contribution in [0, 0.1) is 36.0 Å². The Morgan fingerprint density at radius 1 is 1.03 bits per heavy atom. The Kier molecular flexibility index (Phi) is 7.43. The molecule has 0 aliphatic heterocycles. The summed E-state index contributed by atoms with van der Waals surface area (Å²) in [6.07, 6.45) is 0. The molecule has 0 saturated heterocycles. The summed E-state index contributed by atoms with van der Waals surface area (Å²) >= 11 is 0.734. The van der Waals surface area contributed by atoms with E-state index in [-0.39, 0.29) is 39.1 Å². The zero-order chi connectivity index (χ0) is 26.0. The van der Waals surface area contributed by atoms with Crippen molar-refractivity contribution in [2.45, 2.75) is 20.5 Å². The predicted molar refractivity (Wildman–Crippen MR) is 111 cm³/mol. The summed E-state index contributed by atoms with van der Waals surface area (Å²) in [4.78, 5) is 36.5. The Morgan fingerprint density at radius 3 is 2.20 bits per heavy atom. The van der Waals surface area contributed by atoms with Crippen LogP contribution in [0.5, 0.6) is 5.75 Å². The van der Waals surface area contributed by atoms with Crippen LogP contribution in [0.4, 0.5) is 27.0 Å². The van der Waals surface area contributed by atoms with Gasteiger partial charge in [0.25, 0.3) is 11.8 Å². The third-order valence-corrected chi connectivity index (χ3v) is 5.71. The van der Waals surface area contributed by atoms with E-state index in [1.54, 1.807) is 6.92 Å². The number of hydrogen-bond acceptors (Lipinski definition) is 7. The van der Waals surface area contributed by atoms with Gasteiger partial charge in [0.1, 0.15) is 17.4 Å². The molecule has 0 bridgehead atoms. The molecule has 2 amide bonds. The Hall–Kier alpha value is -3.94. The number of benzene rings is 1. The van der Waals surface area contributed by atoms with Gasteiger partial charge in [-0.1, -0.05) is 0 Å². The van der Waals surface area contributed by atoms with Crippen LogP contribution in [0.15, 0.2) is 16.5 Å². The van der Waals surface area contributed by atoms with Crippen LogP contribution in [-0.4, -0.2) is 24.4 Å². The SMILES string of the molecule is CCOC(=O)c1c(NC(=O)c2ccc(COc3c(F)c(F)c(F)c(F)c3F)o2)sc(C(N)=O)c1C. The standard InChI is InChI=1S/C21H15F5N2O6S/c1-3-32-21(31)10-7(2)17(18(27)29)35-20(10)28-19(30)9-5-4-8(34-9)6-33-16-14(25)12(23)11(22)13(24)15(16)26/h4-5H,3,6H2,1-2H3,(H2,27,29)(H,28,30). The molecule has 35 heavy (non-hydrogen) atoms. The lowest BCUT2D eigenvalue weighted by molar-refractivity contribution is 0.0527. The first-order valence-corrected chi connectivity index (χ1v) is 10.4. The quantitative estimate of drug-likeness (QED) is 0.197. The fourth-order valence-corrected chi connectivity index (χ4v) is 3.92. The average Bonchev–Trinajstić information content (AvgIpc) is 3.41. The van der Waals surface area contributed by atoms with Gasteiger partial charge in [0.15, 0.2) is 11.5 Å². The third-order valence-electron chi connectivity index (χ3n) is 4.49. The van der Waals surface area contributed by atoms with Gasteiger partial charge in [0.05, 0.1) is 17.0 Å². The lowest BCUT2D eigenvalue weighted by Gasteiger charge is -2.09. The number of primary amides is 1. The normalized spacial score (nSPS) is 10.8. The molecule has 2 aromatic heterocycles. The van der Waals surface area contributed by atoms with E-state index in [0.29, 0.717) is 0 Å². The molecule has 0 saturated carbocycles. The van der Waals surface area contributed by atoms with E-state index in [0.717, 1.165) is 23.5 Å². The van der Waals surface area contributed by atoms with Crippen LogP contribution in [0.1, 0.15) is 48.8 Å².